The van der Waals surface area contributed by atoms with Crippen LogP contribution in [0.5, 0.6) is 0 Å². The molecule has 2 N–H and O–H groups in total. The van der Waals surface area contributed by atoms with Crippen molar-refractivity contribution in [2.24, 2.45) is 0 Å². The molecule has 1 atom stereocenters. The molecule has 0 bridgehead atoms. The summed E-state index contributed by atoms with van der Waals surface area (Å²) < 4.78 is 4.95. The minimum absolute atomic E-state index is 0.0744. The van der Waals surface area contributed by atoms with Gasteiger partial charge in [-0.1, -0.05) is 32.6 Å². The third-order valence-electron chi connectivity index (χ3n) is 2.83. The van der Waals surface area contributed by atoms with Crippen LogP contribution in [0.2, 0.25) is 0 Å². The number of unbranched alkanes of at least 4 members (excludes halogenated alkanes) is 4. The maximum atomic E-state index is 11.4. The van der Waals surface area contributed by atoms with Crippen LogP contribution < -0.4 is 0 Å². The largest absolute Gasteiger partial charge is 0.406 e. The fraction of sp³-hybridized carbons (Fsp3) is 0.917. The lowest BCUT2D eigenvalue weighted by Gasteiger charge is -2.25. The van der Waals surface area contributed by atoms with Gasteiger partial charge in [0.05, 0.1) is 0 Å². The quantitative estimate of drug-likeness (QED) is 0.216. The molecule has 0 aromatic carbocycles. The number of carbonyl (C=O) groups is 1. The van der Waals surface area contributed by atoms with Crippen LogP contribution in [-0.4, -0.2) is 34.0 Å². The maximum Gasteiger partial charge on any atom is 0.310 e. The van der Waals surface area contributed by atoms with Crippen molar-refractivity contribution in [3.05, 3.63) is 0 Å². The van der Waals surface area contributed by atoms with Crippen LogP contribution in [0, 0.1) is 0 Å². The van der Waals surface area contributed by atoms with Gasteiger partial charge in [0.1, 0.15) is 6.54 Å². The number of hydrogen-bond donors (Lipinski definition) is 2. The minimum atomic E-state index is -1.28. The second-order valence-corrected chi connectivity index (χ2v) is 4.36. The van der Waals surface area contributed by atoms with Crippen molar-refractivity contribution >= 4 is 5.97 Å². The Morgan fingerprint density at radius 2 is 1.76 bits per heavy atom. The van der Waals surface area contributed by atoms with Crippen molar-refractivity contribution in [1.82, 2.24) is 0 Å². The van der Waals surface area contributed by atoms with Gasteiger partial charge in [0.15, 0.2) is 0 Å². The summed E-state index contributed by atoms with van der Waals surface area (Å²) in [5.74, 6) is -0.368. The van der Waals surface area contributed by atoms with Crippen LogP contribution in [0.15, 0.2) is 0 Å². The molecule has 0 aliphatic carbocycles. The molecule has 0 rings (SSSR count). The molecule has 5 nitrogen and oxygen atoms in total. The van der Waals surface area contributed by atoms with Crippen LogP contribution >= 0.6 is 0 Å². The molecule has 0 radical (unpaired) electrons. The number of hydrogen-bond acceptors (Lipinski definition) is 4. The lowest BCUT2D eigenvalue weighted by atomic mass is 10.1. The van der Waals surface area contributed by atoms with Crippen molar-refractivity contribution in [3.63, 3.8) is 0 Å². The number of hydroxylamine groups is 4. The molecule has 0 fully saturated rings. The van der Waals surface area contributed by atoms with Crippen LogP contribution in [0.4, 0.5) is 0 Å². The number of carbonyl (C=O) groups excluding carboxylic acids is 1. The Balaban J connectivity index is 3.72. The van der Waals surface area contributed by atoms with Crippen molar-refractivity contribution in [2.75, 3.05) is 6.54 Å². The number of nitrogens with zero attached hydrogens (tertiary/aromatic N) is 1. The second kappa shape index (κ2) is 8.44. The molecule has 102 valence electrons. The van der Waals surface area contributed by atoms with Crippen LogP contribution in [0.25, 0.3) is 0 Å². The standard InChI is InChI=1S/C12H26NO4/c1-4-6-7-8-9-10-12(14)17-11(3)13(15,16)5-2/h11,15-16H,4-10H2,1-3H3/q+1. The van der Waals surface area contributed by atoms with Crippen molar-refractivity contribution in [3.8, 4) is 0 Å². The zero-order chi connectivity index (χ0) is 13.3. The molecular formula is C12H26NO4+. The van der Waals surface area contributed by atoms with Gasteiger partial charge in [-0.05, 0) is 18.2 Å². The van der Waals surface area contributed by atoms with Gasteiger partial charge >= 0.3 is 5.97 Å². The molecule has 0 aliphatic heterocycles. The molecular weight excluding hydrogens is 222 g/mol. The first kappa shape index (κ1) is 16.4. The second-order valence-electron chi connectivity index (χ2n) is 4.36. The Morgan fingerprint density at radius 3 is 2.29 bits per heavy atom. The fourth-order valence-electron chi connectivity index (χ4n) is 1.46. The van der Waals surface area contributed by atoms with E-state index in [2.05, 4.69) is 6.92 Å². The summed E-state index contributed by atoms with van der Waals surface area (Å²) >= 11 is 0. The molecule has 0 spiro atoms. The van der Waals surface area contributed by atoms with E-state index in [1.54, 1.807) is 6.92 Å². The molecule has 0 aliphatic rings. The molecule has 0 saturated heterocycles. The Morgan fingerprint density at radius 1 is 1.18 bits per heavy atom. The van der Waals surface area contributed by atoms with Crippen molar-refractivity contribution in [2.45, 2.75) is 65.5 Å². The van der Waals surface area contributed by atoms with Gasteiger partial charge in [-0.15, -0.1) is 0 Å². The van der Waals surface area contributed by atoms with E-state index in [0.29, 0.717) is 6.42 Å². The average Bonchev–Trinajstić information content (AvgIpc) is 2.28. The van der Waals surface area contributed by atoms with Gasteiger partial charge in [0.2, 0.25) is 0 Å². The van der Waals surface area contributed by atoms with E-state index < -0.39 is 11.0 Å². The molecule has 0 aromatic heterocycles. The zero-order valence-electron chi connectivity index (χ0n) is 11.2. The van der Waals surface area contributed by atoms with E-state index in [-0.39, 0.29) is 12.5 Å². The highest BCUT2D eigenvalue weighted by Crippen LogP contribution is 2.10. The molecule has 0 heterocycles. The number of ether oxygens (including phenoxy) is 1. The third-order valence-corrected chi connectivity index (χ3v) is 2.83. The molecule has 5 heteroatoms. The minimum Gasteiger partial charge on any atom is -0.406 e. The van der Waals surface area contributed by atoms with E-state index >= 15 is 0 Å². The topological polar surface area (TPSA) is 66.8 Å². The Labute approximate surface area is 103 Å². The van der Waals surface area contributed by atoms with Gasteiger partial charge in [0, 0.05) is 13.3 Å². The van der Waals surface area contributed by atoms with Gasteiger partial charge in [-0.25, -0.2) is 0 Å². The Kier molecular flexibility index (Phi) is 8.12. The molecule has 0 saturated carbocycles. The van der Waals surface area contributed by atoms with Crippen LogP contribution in [0.3, 0.4) is 0 Å². The summed E-state index contributed by atoms with van der Waals surface area (Å²) in [6, 6.07) is 0. The van der Waals surface area contributed by atoms with Crippen molar-refractivity contribution < 1.29 is 24.8 Å². The molecule has 1 unspecified atom stereocenters. The highest BCUT2D eigenvalue weighted by molar-refractivity contribution is 5.69. The van der Waals surface area contributed by atoms with E-state index in [0.717, 1.165) is 19.3 Å². The highest BCUT2D eigenvalue weighted by Gasteiger charge is 2.32. The lowest BCUT2D eigenvalue weighted by Crippen LogP contribution is -2.50. The zero-order valence-corrected chi connectivity index (χ0v) is 11.2. The van der Waals surface area contributed by atoms with Crippen molar-refractivity contribution in [1.29, 1.82) is 0 Å². The van der Waals surface area contributed by atoms with E-state index in [1.165, 1.54) is 19.8 Å². The smallest absolute Gasteiger partial charge is 0.310 e. The Bertz CT molecular complexity index is 219. The lowest BCUT2D eigenvalue weighted by molar-refractivity contribution is -1.27. The van der Waals surface area contributed by atoms with Gasteiger partial charge in [-0.2, -0.15) is 10.4 Å². The van der Waals surface area contributed by atoms with E-state index in [4.69, 9.17) is 4.74 Å². The number of rotatable bonds is 9. The Hall–Kier alpha value is -0.650. The van der Waals surface area contributed by atoms with E-state index in [1.807, 2.05) is 0 Å². The normalized spacial score (nSPS) is 13.5. The number of quaternary nitrogens is 1. The average molecular weight is 248 g/mol. The molecule has 17 heavy (non-hydrogen) atoms. The van der Waals surface area contributed by atoms with Crippen LogP contribution in [0.1, 0.15) is 59.3 Å². The first-order chi connectivity index (χ1) is 7.94. The summed E-state index contributed by atoms with van der Waals surface area (Å²) in [6.45, 7) is 5.29. The summed E-state index contributed by atoms with van der Waals surface area (Å²) in [5.41, 5.74) is 0. The monoisotopic (exact) mass is 248 g/mol. The summed E-state index contributed by atoms with van der Waals surface area (Å²) in [6.07, 6.45) is 4.72. The first-order valence-electron chi connectivity index (χ1n) is 6.46. The van der Waals surface area contributed by atoms with Gasteiger partial charge in [-0.3, -0.25) is 4.79 Å². The first-order valence-corrected chi connectivity index (χ1v) is 6.46. The summed E-state index contributed by atoms with van der Waals surface area (Å²) in [7, 11) is 0. The predicted molar refractivity (Wildman–Crippen MR) is 63.3 cm³/mol. The van der Waals surface area contributed by atoms with Crippen LogP contribution in [-0.2, 0) is 9.53 Å². The summed E-state index contributed by atoms with van der Waals surface area (Å²) in [5, 5.41) is 18.8. The summed E-state index contributed by atoms with van der Waals surface area (Å²) in [4.78, 5) is 10.1. The predicted octanol–water partition coefficient (Wildman–Crippen LogP) is 2.85. The van der Waals surface area contributed by atoms with Gasteiger partial charge in [0.25, 0.3) is 6.23 Å². The fourth-order valence-corrected chi connectivity index (χ4v) is 1.46. The third kappa shape index (κ3) is 7.31. The molecule has 0 aromatic rings. The number of esters is 1. The van der Waals surface area contributed by atoms with Gasteiger partial charge < -0.3 is 4.74 Å². The highest BCUT2D eigenvalue weighted by atomic mass is 16.9. The molecule has 0 amide bonds. The maximum absolute atomic E-state index is 11.4. The SMILES string of the molecule is CCCCCCCC(=O)OC(C)[N+](O)(O)CC. The van der Waals surface area contributed by atoms with E-state index in [9.17, 15) is 15.2 Å².